The Morgan fingerprint density at radius 3 is 2.16 bits per heavy atom. The van der Waals surface area contributed by atoms with Crippen molar-refractivity contribution in [2.45, 2.75) is 32.6 Å². The van der Waals surface area contributed by atoms with Crippen LogP contribution in [0.1, 0.15) is 23.1 Å². The van der Waals surface area contributed by atoms with E-state index in [1.54, 1.807) is 12.1 Å². The third-order valence-electron chi connectivity index (χ3n) is 5.67. The Morgan fingerprint density at radius 2 is 1.63 bits per heavy atom. The number of thiazole rings is 1. The van der Waals surface area contributed by atoms with Gasteiger partial charge < -0.3 is 41.1 Å². The molecule has 1 fully saturated rings. The SMILES string of the molecule is CC(=O)Nc1nc(CCc2ccc(NC(NC(=O)[O-])NC(=O)[O-])cc2)c(CN2CCN(S(C)(=O)=O)CC2)s1. The van der Waals surface area contributed by atoms with Crippen molar-refractivity contribution in [3.8, 4) is 0 Å². The highest BCUT2D eigenvalue weighted by atomic mass is 32.2. The number of benzene rings is 1. The summed E-state index contributed by atoms with van der Waals surface area (Å²) in [7, 11) is -3.22. The Balaban J connectivity index is 1.64. The number of nitrogens with zero attached hydrogens (tertiary/aromatic N) is 3. The second kappa shape index (κ2) is 12.9. The molecule has 16 heteroatoms. The molecule has 1 aliphatic heterocycles. The predicted octanol–water partition coefficient (Wildman–Crippen LogP) is -1.47. The quantitative estimate of drug-likeness (QED) is 0.232. The van der Waals surface area contributed by atoms with Crippen molar-refractivity contribution in [3.05, 3.63) is 40.4 Å². The molecule has 208 valence electrons. The second-order valence-corrected chi connectivity index (χ2v) is 11.7. The number of aromatic nitrogens is 1. The summed E-state index contributed by atoms with van der Waals surface area (Å²) < 4.78 is 25.0. The van der Waals surface area contributed by atoms with Gasteiger partial charge in [-0.15, -0.1) is 11.3 Å². The van der Waals surface area contributed by atoms with E-state index in [0.29, 0.717) is 56.4 Å². The van der Waals surface area contributed by atoms with E-state index in [1.165, 1.54) is 28.8 Å². The molecule has 1 aliphatic rings. The number of carbonyl (C=O) groups excluding carboxylic acids is 3. The Bertz CT molecular complexity index is 1230. The third-order valence-corrected chi connectivity index (χ3v) is 7.97. The number of carbonyl (C=O) groups is 3. The van der Waals surface area contributed by atoms with Crippen LogP contribution in [-0.4, -0.2) is 79.4 Å². The summed E-state index contributed by atoms with van der Waals surface area (Å²) in [5.74, 6) is -0.221. The maximum Gasteiger partial charge on any atom is 0.223 e. The number of hydrogen-bond donors (Lipinski definition) is 4. The van der Waals surface area contributed by atoms with Crippen molar-refractivity contribution < 1.29 is 33.0 Å². The number of piperazine rings is 1. The molecule has 4 N–H and O–H groups in total. The lowest BCUT2D eigenvalue weighted by Crippen LogP contribution is -2.58. The van der Waals surface area contributed by atoms with Crippen LogP contribution in [0.5, 0.6) is 0 Å². The van der Waals surface area contributed by atoms with E-state index >= 15 is 0 Å². The van der Waals surface area contributed by atoms with Gasteiger partial charge >= 0.3 is 0 Å². The lowest BCUT2D eigenvalue weighted by atomic mass is 10.1. The van der Waals surface area contributed by atoms with Crippen molar-refractivity contribution in [2.75, 3.05) is 43.1 Å². The summed E-state index contributed by atoms with van der Waals surface area (Å²) in [5, 5.41) is 31.2. The molecule has 0 saturated carbocycles. The summed E-state index contributed by atoms with van der Waals surface area (Å²) in [6.45, 7) is 4.03. The minimum atomic E-state index is -3.22. The highest BCUT2D eigenvalue weighted by Crippen LogP contribution is 2.27. The van der Waals surface area contributed by atoms with Crippen LogP contribution in [0.2, 0.25) is 0 Å². The van der Waals surface area contributed by atoms with Crippen molar-refractivity contribution in [3.63, 3.8) is 0 Å². The van der Waals surface area contributed by atoms with Crippen LogP contribution in [0.25, 0.3) is 0 Å². The molecule has 3 amide bonds. The number of aryl methyl sites for hydroxylation is 2. The lowest BCUT2D eigenvalue weighted by Gasteiger charge is -2.33. The standard InChI is InChI=1S/C22H31N7O7S2/c1-14(30)23-20-25-17(18(37-20)13-28-9-11-29(12-10-28)38(2,35)36)8-5-15-3-6-16(7-4-15)24-19(26-21(31)32)27-22(33)34/h3-4,6-7,19,24,26-27H,5,8-13H2,1-2H3,(H,31,32)(H,33,34)(H,23,25,30)/p-2. The summed E-state index contributed by atoms with van der Waals surface area (Å²) >= 11 is 1.40. The molecule has 1 aromatic heterocycles. The van der Waals surface area contributed by atoms with Gasteiger partial charge in [-0.2, -0.15) is 4.31 Å². The van der Waals surface area contributed by atoms with Gasteiger partial charge in [-0.05, 0) is 30.5 Å². The number of rotatable bonds is 11. The first-order valence-electron chi connectivity index (χ1n) is 11.6. The predicted molar refractivity (Wildman–Crippen MR) is 136 cm³/mol. The average Bonchev–Trinajstić information content (AvgIpc) is 3.17. The fraction of sp³-hybridized carbons (Fsp3) is 0.455. The zero-order chi connectivity index (χ0) is 27.9. The van der Waals surface area contributed by atoms with Crippen LogP contribution in [0, 0.1) is 0 Å². The summed E-state index contributed by atoms with van der Waals surface area (Å²) in [4.78, 5) is 40.8. The maximum absolute atomic E-state index is 11.8. The van der Waals surface area contributed by atoms with E-state index in [9.17, 15) is 33.0 Å². The molecule has 0 unspecified atom stereocenters. The molecule has 0 bridgehead atoms. The van der Waals surface area contributed by atoms with Crippen LogP contribution >= 0.6 is 11.3 Å². The molecule has 0 spiro atoms. The van der Waals surface area contributed by atoms with Crippen LogP contribution < -0.4 is 31.5 Å². The normalized spacial score (nSPS) is 14.7. The summed E-state index contributed by atoms with van der Waals surface area (Å²) in [6.07, 6.45) is -2.26. The van der Waals surface area contributed by atoms with Crippen LogP contribution in [-0.2, 0) is 34.2 Å². The van der Waals surface area contributed by atoms with Crippen molar-refractivity contribution >= 4 is 50.3 Å². The van der Waals surface area contributed by atoms with Gasteiger partial charge in [0.25, 0.3) is 0 Å². The number of anilines is 2. The van der Waals surface area contributed by atoms with E-state index in [-0.39, 0.29) is 5.91 Å². The molecule has 14 nitrogen and oxygen atoms in total. The second-order valence-electron chi connectivity index (χ2n) is 8.65. The molecular formula is C22H29N7O7S2-2. The molecular weight excluding hydrogens is 538 g/mol. The van der Waals surface area contributed by atoms with Crippen molar-refractivity contribution in [1.82, 2.24) is 24.8 Å². The van der Waals surface area contributed by atoms with Gasteiger partial charge in [0.05, 0.1) is 11.9 Å². The van der Waals surface area contributed by atoms with Gasteiger partial charge in [0, 0.05) is 50.2 Å². The van der Waals surface area contributed by atoms with Gasteiger partial charge in [0.2, 0.25) is 15.9 Å². The van der Waals surface area contributed by atoms with E-state index < -0.39 is 28.5 Å². The Labute approximate surface area is 224 Å². The smallest absolute Gasteiger partial charge is 0.223 e. The van der Waals surface area contributed by atoms with Crippen LogP contribution in [0.15, 0.2) is 24.3 Å². The fourth-order valence-corrected chi connectivity index (χ4v) is 5.79. The summed E-state index contributed by atoms with van der Waals surface area (Å²) in [5.41, 5.74) is 2.24. The van der Waals surface area contributed by atoms with Gasteiger partial charge in [-0.25, -0.2) is 13.4 Å². The topological polar surface area (TPSA) is 199 Å². The van der Waals surface area contributed by atoms with Gasteiger partial charge in [-0.1, -0.05) is 12.1 Å². The minimum Gasteiger partial charge on any atom is -0.530 e. The van der Waals surface area contributed by atoms with E-state index in [4.69, 9.17) is 0 Å². The first kappa shape index (κ1) is 29.1. The highest BCUT2D eigenvalue weighted by molar-refractivity contribution is 7.88. The number of nitrogens with one attached hydrogen (secondary N) is 4. The van der Waals surface area contributed by atoms with Crippen molar-refractivity contribution in [2.24, 2.45) is 0 Å². The number of carboxylic acid groups (broad SMARTS) is 2. The summed E-state index contributed by atoms with van der Waals surface area (Å²) in [6, 6.07) is 6.95. The van der Waals surface area contributed by atoms with Crippen LogP contribution in [0.3, 0.4) is 0 Å². The maximum atomic E-state index is 11.8. The average molecular weight is 568 g/mol. The number of hydrogen-bond acceptors (Lipinski definition) is 11. The Hall–Kier alpha value is -3.47. The number of amides is 3. The lowest BCUT2D eigenvalue weighted by molar-refractivity contribution is -0.255. The number of sulfonamides is 1. The van der Waals surface area contributed by atoms with E-state index in [2.05, 4.69) is 20.5 Å². The highest BCUT2D eigenvalue weighted by Gasteiger charge is 2.24. The van der Waals surface area contributed by atoms with Gasteiger partial charge in [-0.3, -0.25) is 9.69 Å². The molecule has 0 atom stereocenters. The van der Waals surface area contributed by atoms with E-state index in [0.717, 1.165) is 16.1 Å². The molecule has 3 rings (SSSR count). The minimum absolute atomic E-state index is 0.221. The largest absolute Gasteiger partial charge is 0.530 e. The fourth-order valence-electron chi connectivity index (χ4n) is 3.87. The Kier molecular flexibility index (Phi) is 9.84. The van der Waals surface area contributed by atoms with E-state index in [1.807, 2.05) is 22.8 Å². The van der Waals surface area contributed by atoms with Crippen LogP contribution in [0.4, 0.5) is 20.4 Å². The van der Waals surface area contributed by atoms with Gasteiger partial charge in [0.15, 0.2) is 11.4 Å². The molecule has 1 aromatic carbocycles. The first-order chi connectivity index (χ1) is 17.9. The third kappa shape index (κ3) is 9.13. The molecule has 2 heterocycles. The molecule has 1 saturated heterocycles. The molecule has 38 heavy (non-hydrogen) atoms. The van der Waals surface area contributed by atoms with Crippen molar-refractivity contribution in [1.29, 1.82) is 0 Å². The molecule has 0 aliphatic carbocycles. The molecule has 2 aromatic rings. The van der Waals surface area contributed by atoms with Gasteiger partial charge in [0.1, 0.15) is 12.2 Å². The Morgan fingerprint density at radius 1 is 1.03 bits per heavy atom. The monoisotopic (exact) mass is 567 g/mol. The zero-order valence-electron chi connectivity index (χ0n) is 20.9. The first-order valence-corrected chi connectivity index (χ1v) is 14.3. The molecule has 0 radical (unpaired) electrons. The zero-order valence-corrected chi connectivity index (χ0v) is 22.5.